The Labute approximate surface area is 124 Å². The normalized spacial score (nSPS) is 10.6. The van der Waals surface area contributed by atoms with Crippen LogP contribution >= 0.6 is 27.3 Å². The minimum absolute atomic E-state index is 0.971. The van der Waals surface area contributed by atoms with Crippen LogP contribution in [0.25, 0.3) is 21.8 Å². The van der Waals surface area contributed by atoms with Crippen molar-refractivity contribution in [3.63, 3.8) is 0 Å². The lowest BCUT2D eigenvalue weighted by molar-refractivity contribution is 1.29. The summed E-state index contributed by atoms with van der Waals surface area (Å²) in [5.41, 5.74) is 3.26. The number of halogens is 1. The van der Waals surface area contributed by atoms with Gasteiger partial charge in [0, 0.05) is 32.9 Å². The minimum atomic E-state index is 0.971. The van der Waals surface area contributed by atoms with E-state index in [0.717, 1.165) is 26.3 Å². The Bertz CT molecular complexity index is 707. The molecule has 0 aliphatic heterocycles. The van der Waals surface area contributed by atoms with Crippen LogP contribution in [0, 0.1) is 6.92 Å². The van der Waals surface area contributed by atoms with Crippen molar-refractivity contribution >= 4 is 27.3 Å². The molecule has 4 heteroatoms. The van der Waals surface area contributed by atoms with Gasteiger partial charge < -0.3 is 0 Å². The highest BCUT2D eigenvalue weighted by Crippen LogP contribution is 2.33. The highest BCUT2D eigenvalue weighted by Gasteiger charge is 2.11. The summed E-state index contributed by atoms with van der Waals surface area (Å²) < 4.78 is 0.971. The number of nitrogens with zero attached hydrogens (tertiary/aromatic N) is 2. The number of rotatable bonds is 2. The third kappa shape index (κ3) is 2.60. The molecule has 1 aromatic carbocycles. The molecule has 3 aromatic rings. The molecule has 0 saturated carbocycles. The average molecular weight is 331 g/mol. The van der Waals surface area contributed by atoms with Crippen molar-refractivity contribution in [1.82, 2.24) is 9.97 Å². The number of pyridine rings is 1. The van der Waals surface area contributed by atoms with Gasteiger partial charge >= 0.3 is 0 Å². The minimum Gasteiger partial charge on any atom is -0.263 e. The smallest absolute Gasteiger partial charge is 0.125 e. The number of thiazole rings is 1. The van der Waals surface area contributed by atoms with Gasteiger partial charge in [0.25, 0.3) is 0 Å². The first-order valence-electron chi connectivity index (χ1n) is 5.88. The standard InChI is InChI=1S/C15H11BrN2S/c1-10-14(11-5-3-2-4-6-11)18-15(19-10)12-7-13(16)9-17-8-12/h2-9H,1H3. The van der Waals surface area contributed by atoms with Gasteiger partial charge in [0.15, 0.2) is 0 Å². The number of hydrogen-bond donors (Lipinski definition) is 0. The van der Waals surface area contributed by atoms with Gasteiger partial charge in [0.05, 0.1) is 5.69 Å². The second-order valence-corrected chi connectivity index (χ2v) is 6.30. The number of benzene rings is 1. The lowest BCUT2D eigenvalue weighted by Crippen LogP contribution is -1.82. The van der Waals surface area contributed by atoms with Crippen LogP contribution in [0.3, 0.4) is 0 Å². The molecule has 3 rings (SSSR count). The Morgan fingerprint density at radius 1 is 1.05 bits per heavy atom. The van der Waals surface area contributed by atoms with Crippen LogP contribution in [0.2, 0.25) is 0 Å². The number of aryl methyl sites for hydroxylation is 1. The molecule has 0 radical (unpaired) electrons. The van der Waals surface area contributed by atoms with E-state index in [-0.39, 0.29) is 0 Å². The zero-order chi connectivity index (χ0) is 13.2. The molecule has 0 bridgehead atoms. The molecular weight excluding hydrogens is 320 g/mol. The number of hydrogen-bond acceptors (Lipinski definition) is 3. The first-order chi connectivity index (χ1) is 9.24. The van der Waals surface area contributed by atoms with E-state index in [2.05, 4.69) is 40.0 Å². The molecule has 0 aliphatic rings. The lowest BCUT2D eigenvalue weighted by Gasteiger charge is -1.97. The van der Waals surface area contributed by atoms with Crippen LogP contribution < -0.4 is 0 Å². The van der Waals surface area contributed by atoms with Gasteiger partial charge in [0.1, 0.15) is 5.01 Å². The summed E-state index contributed by atoms with van der Waals surface area (Å²) in [7, 11) is 0. The van der Waals surface area contributed by atoms with Crippen molar-refractivity contribution in [2.24, 2.45) is 0 Å². The molecule has 0 fully saturated rings. The van der Waals surface area contributed by atoms with Crippen molar-refractivity contribution in [1.29, 1.82) is 0 Å². The second-order valence-electron chi connectivity index (χ2n) is 4.18. The lowest BCUT2D eigenvalue weighted by atomic mass is 10.1. The van der Waals surface area contributed by atoms with Gasteiger partial charge in [-0.2, -0.15) is 0 Å². The maximum absolute atomic E-state index is 4.75. The molecule has 0 saturated heterocycles. The van der Waals surface area contributed by atoms with E-state index in [9.17, 15) is 0 Å². The zero-order valence-electron chi connectivity index (χ0n) is 10.3. The highest BCUT2D eigenvalue weighted by molar-refractivity contribution is 9.10. The van der Waals surface area contributed by atoms with Gasteiger partial charge in [0.2, 0.25) is 0 Å². The molecule has 0 unspecified atom stereocenters. The van der Waals surface area contributed by atoms with E-state index in [1.807, 2.05) is 30.5 Å². The van der Waals surface area contributed by atoms with Crippen LogP contribution in [0.1, 0.15) is 4.88 Å². The van der Waals surface area contributed by atoms with Crippen LogP contribution in [0.5, 0.6) is 0 Å². The van der Waals surface area contributed by atoms with E-state index in [1.165, 1.54) is 4.88 Å². The van der Waals surface area contributed by atoms with E-state index >= 15 is 0 Å². The summed E-state index contributed by atoms with van der Waals surface area (Å²) in [5, 5.41) is 1.00. The first-order valence-corrected chi connectivity index (χ1v) is 7.49. The van der Waals surface area contributed by atoms with Crippen LogP contribution in [-0.4, -0.2) is 9.97 Å². The van der Waals surface area contributed by atoms with Crippen molar-refractivity contribution in [3.8, 4) is 21.8 Å². The first kappa shape index (κ1) is 12.5. The molecule has 0 N–H and O–H groups in total. The van der Waals surface area contributed by atoms with E-state index < -0.39 is 0 Å². The molecule has 94 valence electrons. The van der Waals surface area contributed by atoms with Crippen molar-refractivity contribution in [2.75, 3.05) is 0 Å². The third-order valence-corrected chi connectivity index (χ3v) is 4.25. The van der Waals surface area contributed by atoms with Crippen molar-refractivity contribution in [2.45, 2.75) is 6.92 Å². The average Bonchev–Trinajstić information content (AvgIpc) is 2.82. The second kappa shape index (κ2) is 5.23. The van der Waals surface area contributed by atoms with Gasteiger partial charge in [-0.05, 0) is 28.9 Å². The van der Waals surface area contributed by atoms with E-state index in [1.54, 1.807) is 17.5 Å². The molecule has 0 atom stereocenters. The predicted octanol–water partition coefficient (Wildman–Crippen LogP) is 4.94. The van der Waals surface area contributed by atoms with Gasteiger partial charge in [-0.25, -0.2) is 4.98 Å². The molecule has 2 nitrogen and oxygen atoms in total. The van der Waals surface area contributed by atoms with Gasteiger partial charge in [-0.3, -0.25) is 4.98 Å². The quantitative estimate of drug-likeness (QED) is 0.664. The Hall–Kier alpha value is -1.52. The number of aromatic nitrogens is 2. The Balaban J connectivity index is 2.07. The molecular formula is C15H11BrN2S. The largest absolute Gasteiger partial charge is 0.263 e. The van der Waals surface area contributed by atoms with Gasteiger partial charge in [-0.1, -0.05) is 30.3 Å². The van der Waals surface area contributed by atoms with Crippen LogP contribution in [-0.2, 0) is 0 Å². The summed E-state index contributed by atoms with van der Waals surface area (Å²) >= 11 is 5.14. The fourth-order valence-corrected chi connectivity index (χ4v) is 3.19. The Morgan fingerprint density at radius 2 is 1.84 bits per heavy atom. The summed E-state index contributed by atoms with van der Waals surface area (Å²) in [6, 6.07) is 12.3. The third-order valence-electron chi connectivity index (χ3n) is 2.80. The van der Waals surface area contributed by atoms with Crippen molar-refractivity contribution in [3.05, 3.63) is 58.1 Å². The topological polar surface area (TPSA) is 25.8 Å². The summed E-state index contributed by atoms with van der Waals surface area (Å²) in [6.45, 7) is 2.11. The highest BCUT2D eigenvalue weighted by atomic mass is 79.9. The molecule has 2 aromatic heterocycles. The summed E-state index contributed by atoms with van der Waals surface area (Å²) in [4.78, 5) is 10.2. The summed E-state index contributed by atoms with van der Waals surface area (Å²) in [5.74, 6) is 0. The maximum Gasteiger partial charge on any atom is 0.125 e. The summed E-state index contributed by atoms with van der Waals surface area (Å²) in [6.07, 6.45) is 3.62. The molecule has 19 heavy (non-hydrogen) atoms. The molecule has 0 spiro atoms. The van der Waals surface area contributed by atoms with Crippen LogP contribution in [0.15, 0.2) is 53.3 Å². The van der Waals surface area contributed by atoms with Crippen LogP contribution in [0.4, 0.5) is 0 Å². The zero-order valence-corrected chi connectivity index (χ0v) is 12.7. The fourth-order valence-electron chi connectivity index (χ4n) is 1.91. The predicted molar refractivity (Wildman–Crippen MR) is 83.2 cm³/mol. The van der Waals surface area contributed by atoms with E-state index in [4.69, 9.17) is 4.98 Å². The Kier molecular flexibility index (Phi) is 3.44. The Morgan fingerprint density at radius 3 is 2.58 bits per heavy atom. The maximum atomic E-state index is 4.75. The van der Waals surface area contributed by atoms with E-state index in [0.29, 0.717) is 0 Å². The van der Waals surface area contributed by atoms with Crippen molar-refractivity contribution < 1.29 is 0 Å². The monoisotopic (exact) mass is 330 g/mol. The van der Waals surface area contributed by atoms with Gasteiger partial charge in [-0.15, -0.1) is 11.3 Å². The SMILES string of the molecule is Cc1sc(-c2cncc(Br)c2)nc1-c1ccccc1. The fraction of sp³-hybridized carbons (Fsp3) is 0.0667. The molecule has 2 heterocycles. The molecule has 0 aliphatic carbocycles. The molecule has 0 amide bonds.